The zero-order chi connectivity index (χ0) is 18.7. The Hall–Kier alpha value is -2.32. The zero-order valence-corrected chi connectivity index (χ0v) is 16.3. The van der Waals surface area contributed by atoms with Crippen LogP contribution in [0.4, 0.5) is 5.69 Å². The first kappa shape index (κ1) is 18.5. The highest BCUT2D eigenvalue weighted by Crippen LogP contribution is 2.27. The summed E-state index contributed by atoms with van der Waals surface area (Å²) in [7, 11) is 1.56. The highest BCUT2D eigenvalue weighted by atomic mass is 32.2. The number of benzene rings is 1. The molecule has 0 radical (unpaired) electrons. The summed E-state index contributed by atoms with van der Waals surface area (Å²) < 4.78 is 7.51. The van der Waals surface area contributed by atoms with Gasteiger partial charge < -0.3 is 10.1 Å². The molecule has 2 heterocycles. The summed E-state index contributed by atoms with van der Waals surface area (Å²) in [4.78, 5) is 29.7. The van der Waals surface area contributed by atoms with Crippen LogP contribution in [0.5, 0.6) is 5.75 Å². The standard InChI is InChI=1S/C18H19N3O3S2/c1-4-21-17(23)15-13(9-10-25-15)20-18(21)26-11(2)16(22)19-12-7-5-6-8-14(12)24-3/h5-11H,4H2,1-3H3,(H,19,22)/t11-/m0/s1. The lowest BCUT2D eigenvalue weighted by atomic mass is 10.3. The molecule has 1 atom stereocenters. The summed E-state index contributed by atoms with van der Waals surface area (Å²) in [5.41, 5.74) is 1.22. The maximum Gasteiger partial charge on any atom is 0.272 e. The second-order valence-electron chi connectivity index (χ2n) is 5.53. The first-order valence-electron chi connectivity index (χ1n) is 8.13. The maximum atomic E-state index is 12.6. The number of nitrogens with one attached hydrogen (secondary N) is 1. The number of thioether (sulfide) groups is 1. The minimum Gasteiger partial charge on any atom is -0.495 e. The van der Waals surface area contributed by atoms with Crippen LogP contribution < -0.4 is 15.6 Å². The molecule has 0 fully saturated rings. The van der Waals surface area contributed by atoms with Gasteiger partial charge in [-0.05, 0) is 37.4 Å². The highest BCUT2D eigenvalue weighted by Gasteiger charge is 2.20. The summed E-state index contributed by atoms with van der Waals surface area (Å²) >= 11 is 2.66. The molecular weight excluding hydrogens is 370 g/mol. The van der Waals surface area contributed by atoms with Crippen LogP contribution in [0, 0.1) is 0 Å². The number of rotatable bonds is 6. The van der Waals surface area contributed by atoms with Crippen LogP contribution in [0.25, 0.3) is 10.2 Å². The third-order valence-electron chi connectivity index (χ3n) is 3.86. The van der Waals surface area contributed by atoms with Crippen LogP contribution in [-0.4, -0.2) is 27.8 Å². The Morgan fingerprint density at radius 1 is 1.38 bits per heavy atom. The van der Waals surface area contributed by atoms with Crippen LogP contribution in [0.15, 0.2) is 45.7 Å². The molecule has 3 rings (SSSR count). The molecule has 1 amide bonds. The van der Waals surface area contributed by atoms with Gasteiger partial charge in [-0.2, -0.15) is 0 Å². The predicted molar refractivity (Wildman–Crippen MR) is 106 cm³/mol. The highest BCUT2D eigenvalue weighted by molar-refractivity contribution is 8.00. The van der Waals surface area contributed by atoms with E-state index in [2.05, 4.69) is 10.3 Å². The normalized spacial score (nSPS) is 12.1. The molecule has 2 aromatic heterocycles. The fourth-order valence-corrected chi connectivity index (χ4v) is 4.24. The molecule has 0 unspecified atom stereocenters. The summed E-state index contributed by atoms with van der Waals surface area (Å²) in [6.45, 7) is 4.19. The summed E-state index contributed by atoms with van der Waals surface area (Å²) in [5, 5.41) is 4.84. The lowest BCUT2D eigenvalue weighted by Gasteiger charge is -2.15. The van der Waals surface area contributed by atoms with E-state index < -0.39 is 5.25 Å². The number of hydrogen-bond donors (Lipinski definition) is 1. The van der Waals surface area contributed by atoms with Crippen molar-refractivity contribution in [2.45, 2.75) is 30.8 Å². The number of ether oxygens (including phenoxy) is 1. The van der Waals surface area contributed by atoms with E-state index in [1.165, 1.54) is 23.1 Å². The molecule has 136 valence electrons. The second-order valence-corrected chi connectivity index (χ2v) is 7.75. The molecule has 0 aliphatic heterocycles. The molecule has 6 nitrogen and oxygen atoms in total. The van der Waals surface area contributed by atoms with Gasteiger partial charge in [-0.25, -0.2) is 4.98 Å². The quantitative estimate of drug-likeness (QED) is 0.515. The Morgan fingerprint density at radius 3 is 2.88 bits per heavy atom. The van der Waals surface area contributed by atoms with Gasteiger partial charge in [-0.15, -0.1) is 11.3 Å². The van der Waals surface area contributed by atoms with E-state index in [-0.39, 0.29) is 11.5 Å². The van der Waals surface area contributed by atoms with E-state index in [4.69, 9.17) is 4.74 Å². The average molecular weight is 390 g/mol. The number of hydrogen-bond acceptors (Lipinski definition) is 6. The molecule has 0 saturated heterocycles. The first-order valence-corrected chi connectivity index (χ1v) is 9.89. The van der Waals surface area contributed by atoms with Crippen molar-refractivity contribution in [2.75, 3.05) is 12.4 Å². The van der Waals surface area contributed by atoms with Gasteiger partial charge in [0, 0.05) is 6.54 Å². The van der Waals surface area contributed by atoms with E-state index in [9.17, 15) is 9.59 Å². The number of para-hydroxylation sites is 2. The summed E-state index contributed by atoms with van der Waals surface area (Å²) in [5.74, 6) is 0.420. The van der Waals surface area contributed by atoms with Gasteiger partial charge in [0.15, 0.2) is 5.16 Å². The SMILES string of the molecule is CCn1c(S[C@@H](C)C(=O)Nc2ccccc2OC)nc2ccsc2c1=O. The number of aromatic nitrogens is 2. The molecule has 1 N–H and O–H groups in total. The topological polar surface area (TPSA) is 73.2 Å². The Balaban J connectivity index is 1.83. The Morgan fingerprint density at radius 2 is 2.15 bits per heavy atom. The van der Waals surface area contributed by atoms with Crippen LogP contribution in [0.1, 0.15) is 13.8 Å². The average Bonchev–Trinajstić information content (AvgIpc) is 3.11. The largest absolute Gasteiger partial charge is 0.495 e. The third-order valence-corrected chi connectivity index (χ3v) is 5.85. The lowest BCUT2D eigenvalue weighted by Crippen LogP contribution is -2.26. The molecule has 0 saturated carbocycles. The van der Waals surface area contributed by atoms with Crippen LogP contribution in [0.2, 0.25) is 0 Å². The number of carbonyl (C=O) groups is 1. The molecule has 1 aromatic carbocycles. The number of nitrogens with zero attached hydrogens (tertiary/aromatic N) is 2. The molecule has 0 spiro atoms. The number of fused-ring (bicyclic) bond motifs is 1. The molecule has 3 aromatic rings. The molecule has 26 heavy (non-hydrogen) atoms. The van der Waals surface area contributed by atoms with Crippen molar-refractivity contribution in [2.24, 2.45) is 0 Å². The third kappa shape index (κ3) is 3.61. The number of anilines is 1. The van der Waals surface area contributed by atoms with Crippen molar-refractivity contribution in [3.8, 4) is 5.75 Å². The van der Waals surface area contributed by atoms with Crippen molar-refractivity contribution in [3.05, 3.63) is 46.1 Å². The van der Waals surface area contributed by atoms with Crippen LogP contribution >= 0.6 is 23.1 Å². The van der Waals surface area contributed by atoms with Gasteiger partial charge in [0.2, 0.25) is 5.91 Å². The number of carbonyl (C=O) groups excluding carboxylic acids is 1. The zero-order valence-electron chi connectivity index (χ0n) is 14.7. The molecular formula is C18H19N3O3S2. The van der Waals surface area contributed by atoms with Crippen molar-refractivity contribution in [3.63, 3.8) is 0 Å². The minimum absolute atomic E-state index is 0.0627. The van der Waals surface area contributed by atoms with Crippen molar-refractivity contribution < 1.29 is 9.53 Å². The fraction of sp³-hybridized carbons (Fsp3) is 0.278. The smallest absolute Gasteiger partial charge is 0.272 e. The van der Waals surface area contributed by atoms with E-state index in [1.807, 2.05) is 30.5 Å². The van der Waals surface area contributed by atoms with Crippen LogP contribution in [0.3, 0.4) is 0 Å². The minimum atomic E-state index is -0.430. The van der Waals surface area contributed by atoms with Gasteiger partial charge in [0.1, 0.15) is 10.4 Å². The van der Waals surface area contributed by atoms with Gasteiger partial charge in [-0.1, -0.05) is 23.9 Å². The van der Waals surface area contributed by atoms with E-state index in [0.717, 1.165) is 0 Å². The molecule has 0 aliphatic carbocycles. The van der Waals surface area contributed by atoms with Crippen molar-refractivity contribution >= 4 is 44.9 Å². The number of thiophene rings is 1. The monoisotopic (exact) mass is 389 g/mol. The number of methoxy groups -OCH3 is 1. The molecule has 0 bridgehead atoms. The van der Waals surface area contributed by atoms with E-state index in [1.54, 1.807) is 30.7 Å². The maximum absolute atomic E-state index is 12.6. The van der Waals surface area contributed by atoms with Crippen LogP contribution in [-0.2, 0) is 11.3 Å². The van der Waals surface area contributed by atoms with Gasteiger partial charge in [0.05, 0.1) is 23.6 Å². The summed E-state index contributed by atoms with van der Waals surface area (Å²) in [6.07, 6.45) is 0. The first-order chi connectivity index (χ1) is 12.5. The van der Waals surface area contributed by atoms with Gasteiger partial charge in [0.25, 0.3) is 5.56 Å². The van der Waals surface area contributed by atoms with Gasteiger partial charge >= 0.3 is 0 Å². The number of amides is 1. The Kier molecular flexibility index (Phi) is 5.63. The summed E-state index contributed by atoms with van der Waals surface area (Å²) in [6, 6.07) is 9.06. The fourth-order valence-electron chi connectivity index (χ4n) is 2.49. The van der Waals surface area contributed by atoms with Gasteiger partial charge in [-0.3, -0.25) is 14.2 Å². The van der Waals surface area contributed by atoms with E-state index >= 15 is 0 Å². The lowest BCUT2D eigenvalue weighted by molar-refractivity contribution is -0.115. The Bertz CT molecular complexity index is 997. The Labute approximate surface area is 159 Å². The molecule has 8 heteroatoms. The van der Waals surface area contributed by atoms with Crippen molar-refractivity contribution in [1.82, 2.24) is 9.55 Å². The van der Waals surface area contributed by atoms with Crippen molar-refractivity contribution in [1.29, 1.82) is 0 Å². The predicted octanol–water partition coefficient (Wildman–Crippen LogP) is 3.61. The van der Waals surface area contributed by atoms with E-state index in [0.29, 0.717) is 33.4 Å². The second kappa shape index (κ2) is 7.92. The molecule has 0 aliphatic rings.